The molecule has 0 amide bonds. The first kappa shape index (κ1) is 13.6. The van der Waals surface area contributed by atoms with Crippen LogP contribution < -0.4 is 0 Å². The maximum absolute atomic E-state index is 13.2. The second-order valence-corrected chi connectivity index (χ2v) is 5.06. The van der Waals surface area contributed by atoms with Crippen molar-refractivity contribution in [3.63, 3.8) is 0 Å². The smallest absolute Gasteiger partial charge is 0.355 e. The van der Waals surface area contributed by atoms with E-state index in [0.29, 0.717) is 21.9 Å². The van der Waals surface area contributed by atoms with Crippen LogP contribution in [0.5, 0.6) is 0 Å². The van der Waals surface area contributed by atoms with Crippen molar-refractivity contribution in [1.82, 2.24) is 4.98 Å². The van der Waals surface area contributed by atoms with E-state index in [1.807, 2.05) is 6.92 Å². The van der Waals surface area contributed by atoms with Crippen LogP contribution >= 0.6 is 11.3 Å². The van der Waals surface area contributed by atoms with Crippen molar-refractivity contribution in [2.45, 2.75) is 19.8 Å². The zero-order chi connectivity index (χ0) is 14.0. The van der Waals surface area contributed by atoms with Gasteiger partial charge in [-0.3, -0.25) is 0 Å². The Balaban J connectivity index is 2.47. The molecule has 2 rings (SSSR count). The van der Waals surface area contributed by atoms with E-state index in [1.54, 1.807) is 0 Å². The Morgan fingerprint density at radius 2 is 2.11 bits per heavy atom. The normalized spacial score (nSPS) is 10.7. The van der Waals surface area contributed by atoms with Crippen molar-refractivity contribution in [3.8, 4) is 10.6 Å². The van der Waals surface area contributed by atoms with Gasteiger partial charge in [-0.15, -0.1) is 11.3 Å². The molecule has 1 N–H and O–H groups in total. The lowest BCUT2D eigenvalue weighted by Crippen LogP contribution is -2.00. The van der Waals surface area contributed by atoms with Gasteiger partial charge in [0.15, 0.2) is 17.3 Å². The summed E-state index contributed by atoms with van der Waals surface area (Å²) in [4.78, 5) is 15.7. The molecule has 0 aliphatic rings. The second-order valence-electron chi connectivity index (χ2n) is 3.97. The van der Waals surface area contributed by atoms with E-state index in [-0.39, 0.29) is 5.69 Å². The van der Waals surface area contributed by atoms with Crippen molar-refractivity contribution in [3.05, 3.63) is 40.4 Å². The number of carboxylic acids is 1. The highest BCUT2D eigenvalue weighted by Gasteiger charge is 2.18. The number of aryl methyl sites for hydroxylation is 1. The van der Waals surface area contributed by atoms with Gasteiger partial charge in [-0.2, -0.15) is 0 Å². The maximum Gasteiger partial charge on any atom is 0.355 e. The summed E-state index contributed by atoms with van der Waals surface area (Å²) in [5.41, 5.74) is 0.375. The highest BCUT2D eigenvalue weighted by atomic mass is 32.1. The van der Waals surface area contributed by atoms with Gasteiger partial charge in [-0.25, -0.2) is 18.6 Å². The van der Waals surface area contributed by atoms with Crippen molar-refractivity contribution in [2.24, 2.45) is 0 Å². The standard InChI is InChI=1S/C13H11F2NO2S/c1-2-3-10-11(13(17)18)16-12(19-10)7-4-5-8(14)9(15)6-7/h4-6H,2-3H2,1H3,(H,17,18). The molecule has 0 fully saturated rings. The molecule has 1 aromatic heterocycles. The molecule has 19 heavy (non-hydrogen) atoms. The average Bonchev–Trinajstić information content (AvgIpc) is 2.77. The number of hydrogen-bond donors (Lipinski definition) is 1. The molecule has 6 heteroatoms. The number of carboxylic acid groups (broad SMARTS) is 1. The van der Waals surface area contributed by atoms with E-state index in [2.05, 4.69) is 4.98 Å². The number of thiazole rings is 1. The van der Waals surface area contributed by atoms with E-state index in [9.17, 15) is 13.6 Å². The van der Waals surface area contributed by atoms with Gasteiger partial charge in [0.2, 0.25) is 0 Å². The summed E-state index contributed by atoms with van der Waals surface area (Å²) in [5.74, 6) is -3.01. The lowest BCUT2D eigenvalue weighted by atomic mass is 10.2. The fraction of sp³-hybridized carbons (Fsp3) is 0.231. The lowest BCUT2D eigenvalue weighted by Gasteiger charge is -1.97. The molecule has 1 aromatic carbocycles. The summed E-state index contributed by atoms with van der Waals surface area (Å²) in [6.45, 7) is 1.93. The number of hydrogen-bond acceptors (Lipinski definition) is 3. The Morgan fingerprint density at radius 3 is 2.68 bits per heavy atom. The Morgan fingerprint density at radius 1 is 1.37 bits per heavy atom. The van der Waals surface area contributed by atoms with E-state index in [0.717, 1.165) is 18.6 Å². The molecule has 100 valence electrons. The monoisotopic (exact) mass is 283 g/mol. The van der Waals surface area contributed by atoms with E-state index >= 15 is 0 Å². The number of carbonyl (C=O) groups is 1. The zero-order valence-electron chi connectivity index (χ0n) is 10.1. The number of halogens is 2. The Kier molecular flexibility index (Phi) is 3.90. The minimum atomic E-state index is -1.10. The van der Waals surface area contributed by atoms with Gasteiger partial charge < -0.3 is 5.11 Å². The first-order valence-electron chi connectivity index (χ1n) is 5.71. The fourth-order valence-corrected chi connectivity index (χ4v) is 2.82. The molecule has 0 saturated heterocycles. The van der Waals surface area contributed by atoms with Crippen LogP contribution in [0.25, 0.3) is 10.6 Å². The van der Waals surface area contributed by atoms with Gasteiger partial charge in [0, 0.05) is 10.4 Å². The predicted molar refractivity (Wildman–Crippen MR) is 68.4 cm³/mol. The summed E-state index contributed by atoms with van der Waals surface area (Å²) in [7, 11) is 0. The van der Waals surface area contributed by atoms with Crippen molar-refractivity contribution < 1.29 is 18.7 Å². The van der Waals surface area contributed by atoms with Gasteiger partial charge in [0.05, 0.1) is 0 Å². The van der Waals surface area contributed by atoms with Crippen LogP contribution in [-0.4, -0.2) is 16.1 Å². The molecular weight excluding hydrogens is 272 g/mol. The third kappa shape index (κ3) is 2.78. The zero-order valence-corrected chi connectivity index (χ0v) is 10.9. The molecule has 0 atom stereocenters. The third-order valence-corrected chi connectivity index (χ3v) is 3.71. The SMILES string of the molecule is CCCc1sc(-c2ccc(F)c(F)c2)nc1C(=O)O. The summed E-state index contributed by atoms with van der Waals surface area (Å²) >= 11 is 1.20. The minimum absolute atomic E-state index is 0.00779. The molecule has 0 spiro atoms. The average molecular weight is 283 g/mol. The van der Waals surface area contributed by atoms with Gasteiger partial charge >= 0.3 is 5.97 Å². The lowest BCUT2D eigenvalue weighted by molar-refractivity contribution is 0.0690. The first-order valence-corrected chi connectivity index (χ1v) is 6.53. The van der Waals surface area contributed by atoms with Gasteiger partial charge in [0.1, 0.15) is 5.01 Å². The van der Waals surface area contributed by atoms with Gasteiger partial charge in [-0.05, 0) is 24.6 Å². The second kappa shape index (κ2) is 5.44. The van der Waals surface area contributed by atoms with Gasteiger partial charge in [0.25, 0.3) is 0 Å². The first-order chi connectivity index (χ1) is 9.02. The minimum Gasteiger partial charge on any atom is -0.476 e. The fourth-order valence-electron chi connectivity index (χ4n) is 1.67. The molecule has 0 saturated carbocycles. The highest BCUT2D eigenvalue weighted by Crippen LogP contribution is 2.30. The van der Waals surface area contributed by atoms with Crippen LogP contribution in [0.2, 0.25) is 0 Å². The number of aromatic nitrogens is 1. The van der Waals surface area contributed by atoms with E-state index in [4.69, 9.17) is 5.11 Å². The number of benzene rings is 1. The van der Waals surface area contributed by atoms with Crippen molar-refractivity contribution in [1.29, 1.82) is 0 Å². The summed E-state index contributed by atoms with van der Waals surface area (Å²) in [5, 5.41) is 9.45. The summed E-state index contributed by atoms with van der Waals surface area (Å²) in [6.07, 6.45) is 1.39. The van der Waals surface area contributed by atoms with Crippen LogP contribution in [0.1, 0.15) is 28.7 Å². The molecule has 1 heterocycles. The van der Waals surface area contributed by atoms with Crippen LogP contribution in [0.3, 0.4) is 0 Å². The number of aromatic carboxylic acids is 1. The molecule has 0 bridgehead atoms. The topological polar surface area (TPSA) is 50.2 Å². The quantitative estimate of drug-likeness (QED) is 0.930. The highest BCUT2D eigenvalue weighted by molar-refractivity contribution is 7.15. The van der Waals surface area contributed by atoms with Crippen LogP contribution in [0.4, 0.5) is 8.78 Å². The van der Waals surface area contributed by atoms with E-state index < -0.39 is 17.6 Å². The molecule has 2 aromatic rings. The molecule has 3 nitrogen and oxygen atoms in total. The molecular formula is C13H11F2NO2S. The Labute approximate surface area is 112 Å². The summed E-state index contributed by atoms with van der Waals surface area (Å²) in [6, 6.07) is 3.42. The van der Waals surface area contributed by atoms with Gasteiger partial charge in [-0.1, -0.05) is 13.3 Å². The molecule has 0 aliphatic carbocycles. The molecule has 0 aliphatic heterocycles. The van der Waals surface area contributed by atoms with E-state index in [1.165, 1.54) is 17.4 Å². The van der Waals surface area contributed by atoms with Crippen molar-refractivity contribution >= 4 is 17.3 Å². The molecule has 0 radical (unpaired) electrons. The largest absolute Gasteiger partial charge is 0.476 e. The summed E-state index contributed by atoms with van der Waals surface area (Å²) < 4.78 is 26.0. The predicted octanol–water partition coefficient (Wildman–Crippen LogP) is 3.74. The Bertz CT molecular complexity index is 625. The Hall–Kier alpha value is -1.82. The van der Waals surface area contributed by atoms with Crippen LogP contribution in [0, 0.1) is 11.6 Å². The van der Waals surface area contributed by atoms with Crippen molar-refractivity contribution in [2.75, 3.05) is 0 Å². The van der Waals surface area contributed by atoms with Crippen LogP contribution in [-0.2, 0) is 6.42 Å². The third-order valence-electron chi connectivity index (χ3n) is 2.54. The number of rotatable bonds is 4. The van der Waals surface area contributed by atoms with Crippen LogP contribution in [0.15, 0.2) is 18.2 Å². The molecule has 0 unspecified atom stereocenters. The number of nitrogens with zero attached hydrogens (tertiary/aromatic N) is 1. The maximum atomic E-state index is 13.2.